The highest BCUT2D eigenvalue weighted by Crippen LogP contribution is 2.25. The average Bonchev–Trinajstić information content (AvgIpc) is 3.15. The van der Waals surface area contributed by atoms with E-state index in [2.05, 4.69) is 15.0 Å². The van der Waals surface area contributed by atoms with Crippen LogP contribution in [-0.2, 0) is 16.6 Å². The average molecular weight is 344 g/mol. The third kappa shape index (κ3) is 3.74. The fourth-order valence-electron chi connectivity index (χ4n) is 1.77. The third-order valence-corrected chi connectivity index (χ3v) is 5.78. The maximum absolute atomic E-state index is 12.3. The Labute approximate surface area is 132 Å². The van der Waals surface area contributed by atoms with E-state index in [1.54, 1.807) is 23.6 Å². The first kappa shape index (κ1) is 14.8. The number of sulfonamides is 1. The van der Waals surface area contributed by atoms with Crippen molar-refractivity contribution in [1.82, 2.24) is 10.3 Å². The van der Waals surface area contributed by atoms with Crippen molar-refractivity contribution in [3.63, 3.8) is 0 Å². The summed E-state index contributed by atoms with van der Waals surface area (Å²) in [6.45, 7) is 0.704. The lowest BCUT2D eigenvalue weighted by Crippen LogP contribution is -2.15. The van der Waals surface area contributed by atoms with Crippen LogP contribution in [0.1, 0.15) is 17.7 Å². The number of aromatic nitrogens is 1. The topological polar surface area (TPSA) is 71.1 Å². The van der Waals surface area contributed by atoms with Crippen LogP contribution in [-0.4, -0.2) is 19.4 Å². The van der Waals surface area contributed by atoms with E-state index in [1.165, 1.54) is 30.4 Å². The van der Waals surface area contributed by atoms with Gasteiger partial charge in [0.1, 0.15) is 0 Å². The predicted octanol–water partition coefficient (Wildman–Crippen LogP) is 2.85. The van der Waals surface area contributed by atoms with E-state index < -0.39 is 10.0 Å². The van der Waals surface area contributed by atoms with Gasteiger partial charge in [0, 0.05) is 29.0 Å². The van der Waals surface area contributed by atoms with E-state index in [1.807, 2.05) is 0 Å². The maximum Gasteiger partial charge on any atom is 0.263 e. The zero-order chi connectivity index (χ0) is 14.9. The molecule has 1 fully saturated rings. The zero-order valence-electron chi connectivity index (χ0n) is 11.0. The van der Waals surface area contributed by atoms with Crippen molar-refractivity contribution in [2.45, 2.75) is 30.3 Å². The lowest BCUT2D eigenvalue weighted by molar-refractivity contribution is 0.601. The van der Waals surface area contributed by atoms with Crippen molar-refractivity contribution in [3.8, 4) is 0 Å². The van der Waals surface area contributed by atoms with Gasteiger partial charge in [-0.25, -0.2) is 13.4 Å². The second-order valence-electron chi connectivity index (χ2n) is 4.84. The van der Waals surface area contributed by atoms with Gasteiger partial charge in [-0.15, -0.1) is 11.3 Å². The predicted molar refractivity (Wildman–Crippen MR) is 84.2 cm³/mol. The molecule has 5 nitrogen and oxygen atoms in total. The van der Waals surface area contributed by atoms with Crippen LogP contribution >= 0.6 is 22.9 Å². The number of hydrogen-bond acceptors (Lipinski definition) is 5. The molecule has 0 bridgehead atoms. The minimum atomic E-state index is -3.65. The monoisotopic (exact) mass is 343 g/mol. The number of rotatable bonds is 6. The van der Waals surface area contributed by atoms with Gasteiger partial charge < -0.3 is 5.32 Å². The molecule has 2 aromatic heterocycles. The molecule has 1 aliphatic rings. The Hall–Kier alpha value is -1.15. The van der Waals surface area contributed by atoms with Crippen molar-refractivity contribution in [2.24, 2.45) is 0 Å². The Kier molecular flexibility index (Phi) is 4.17. The molecule has 21 heavy (non-hydrogen) atoms. The highest BCUT2D eigenvalue weighted by Gasteiger charge is 2.22. The molecule has 0 spiro atoms. The smallest absolute Gasteiger partial charge is 0.263 e. The fourth-order valence-corrected chi connectivity index (χ4v) is 4.25. The first-order valence-corrected chi connectivity index (χ1v) is 9.23. The summed E-state index contributed by atoms with van der Waals surface area (Å²) in [4.78, 5) is 5.16. The molecule has 0 amide bonds. The third-order valence-electron chi connectivity index (χ3n) is 3.07. The van der Waals surface area contributed by atoms with Crippen LogP contribution in [0.25, 0.3) is 0 Å². The van der Waals surface area contributed by atoms with Crippen molar-refractivity contribution in [1.29, 1.82) is 0 Å². The lowest BCUT2D eigenvalue weighted by Gasteiger charge is -2.06. The molecular formula is C13H14ClN3O2S2. The van der Waals surface area contributed by atoms with Crippen molar-refractivity contribution in [3.05, 3.63) is 39.7 Å². The minimum Gasteiger partial charge on any atom is -0.309 e. The molecule has 2 N–H and O–H groups in total. The largest absolute Gasteiger partial charge is 0.309 e. The van der Waals surface area contributed by atoms with E-state index in [0.29, 0.717) is 12.6 Å². The van der Waals surface area contributed by atoms with E-state index in [9.17, 15) is 8.42 Å². The maximum atomic E-state index is 12.3. The van der Waals surface area contributed by atoms with Crippen LogP contribution in [0.3, 0.4) is 0 Å². The second kappa shape index (κ2) is 5.92. The summed E-state index contributed by atoms with van der Waals surface area (Å²) in [5.74, 6) is 0.142. The molecule has 2 heterocycles. The van der Waals surface area contributed by atoms with Gasteiger partial charge >= 0.3 is 0 Å². The lowest BCUT2D eigenvalue weighted by atomic mass is 10.4. The van der Waals surface area contributed by atoms with Crippen LogP contribution in [0.5, 0.6) is 0 Å². The SMILES string of the molecule is O=S(=O)(Nc1ncccc1Cl)c1csc(CNC2CC2)c1. The van der Waals surface area contributed by atoms with Gasteiger partial charge in [-0.1, -0.05) is 11.6 Å². The van der Waals surface area contributed by atoms with E-state index in [4.69, 9.17) is 11.6 Å². The highest BCUT2D eigenvalue weighted by molar-refractivity contribution is 7.92. The summed E-state index contributed by atoms with van der Waals surface area (Å²) in [6.07, 6.45) is 3.90. The number of nitrogens with zero attached hydrogens (tertiary/aromatic N) is 1. The standard InChI is InChI=1S/C13H14ClN3O2S2/c14-12-2-1-5-15-13(12)17-21(18,19)11-6-10(20-8-11)7-16-9-3-4-9/h1-2,5-6,8-9,16H,3-4,7H2,(H,15,17). The van der Waals surface area contributed by atoms with Crippen LogP contribution in [0.15, 0.2) is 34.7 Å². The van der Waals surface area contributed by atoms with E-state index in [0.717, 1.165) is 4.88 Å². The molecule has 0 radical (unpaired) electrons. The second-order valence-corrected chi connectivity index (χ2v) is 7.93. The van der Waals surface area contributed by atoms with Crippen LogP contribution in [0.2, 0.25) is 5.02 Å². The van der Waals surface area contributed by atoms with Gasteiger partial charge in [0.2, 0.25) is 0 Å². The Morgan fingerprint density at radius 1 is 1.43 bits per heavy atom. The Morgan fingerprint density at radius 3 is 2.95 bits per heavy atom. The number of halogens is 1. The molecule has 1 aliphatic carbocycles. The first-order chi connectivity index (χ1) is 10.0. The molecule has 8 heteroatoms. The summed E-state index contributed by atoms with van der Waals surface area (Å²) >= 11 is 7.34. The highest BCUT2D eigenvalue weighted by atomic mass is 35.5. The molecule has 0 aromatic carbocycles. The number of thiophene rings is 1. The van der Waals surface area contributed by atoms with Crippen LogP contribution in [0.4, 0.5) is 5.82 Å². The summed E-state index contributed by atoms with van der Waals surface area (Å²) in [5, 5.41) is 5.26. The minimum absolute atomic E-state index is 0.142. The first-order valence-electron chi connectivity index (χ1n) is 6.49. The number of hydrogen-bond donors (Lipinski definition) is 2. The number of nitrogens with one attached hydrogen (secondary N) is 2. The summed E-state index contributed by atoms with van der Waals surface area (Å²) in [6, 6.07) is 5.51. The van der Waals surface area contributed by atoms with Gasteiger partial charge in [0.25, 0.3) is 10.0 Å². The molecule has 112 valence electrons. The van der Waals surface area contributed by atoms with Gasteiger partial charge in [0.15, 0.2) is 5.82 Å². The van der Waals surface area contributed by atoms with Gasteiger partial charge in [-0.05, 0) is 31.0 Å². The molecule has 0 atom stereocenters. The molecule has 1 saturated carbocycles. The van der Waals surface area contributed by atoms with Gasteiger partial charge in [0.05, 0.1) is 9.92 Å². The van der Waals surface area contributed by atoms with Crippen molar-refractivity contribution in [2.75, 3.05) is 4.72 Å². The number of anilines is 1. The fraction of sp³-hybridized carbons (Fsp3) is 0.308. The van der Waals surface area contributed by atoms with Crippen molar-refractivity contribution < 1.29 is 8.42 Å². The summed E-state index contributed by atoms with van der Waals surface area (Å²) in [5.41, 5.74) is 0. The van der Waals surface area contributed by atoms with Gasteiger partial charge in [-0.2, -0.15) is 0 Å². The zero-order valence-corrected chi connectivity index (χ0v) is 13.4. The van der Waals surface area contributed by atoms with Gasteiger partial charge in [-0.3, -0.25) is 4.72 Å². The molecule has 3 rings (SSSR count). The number of pyridine rings is 1. The Balaban J connectivity index is 1.73. The Bertz CT molecular complexity index is 741. The van der Waals surface area contributed by atoms with E-state index in [-0.39, 0.29) is 15.7 Å². The normalized spacial score (nSPS) is 15.1. The molecule has 0 saturated heterocycles. The quantitative estimate of drug-likeness (QED) is 0.846. The van der Waals surface area contributed by atoms with E-state index >= 15 is 0 Å². The Morgan fingerprint density at radius 2 is 2.24 bits per heavy atom. The van der Waals surface area contributed by atoms with Crippen LogP contribution in [0, 0.1) is 0 Å². The molecule has 2 aromatic rings. The summed E-state index contributed by atoms with van der Waals surface area (Å²) < 4.78 is 27.0. The molecular weight excluding hydrogens is 330 g/mol. The van der Waals surface area contributed by atoms with Crippen molar-refractivity contribution >= 4 is 38.8 Å². The molecule has 0 aliphatic heterocycles. The molecule has 0 unspecified atom stereocenters. The van der Waals surface area contributed by atoms with Crippen LogP contribution < -0.4 is 10.0 Å². The summed E-state index contributed by atoms with van der Waals surface area (Å²) in [7, 11) is -3.65.